The molecular weight excluding hydrogens is 162 g/mol. The summed E-state index contributed by atoms with van der Waals surface area (Å²) in [6.07, 6.45) is -0.597. The maximum atomic E-state index is 12.9. The third kappa shape index (κ3) is 1.94. The van der Waals surface area contributed by atoms with Crippen molar-refractivity contribution in [2.24, 2.45) is 0 Å². The molecule has 5 heteroatoms. The number of allylic oxidation sites excluding steroid dienone is 1. The number of carbonyl (C=O) groups excluding carboxylic acids is 1. The topological polar surface area (TPSA) is 57.5 Å². The fourth-order valence-electron chi connectivity index (χ4n) is 1.41. The zero-order valence-electron chi connectivity index (χ0n) is 6.53. The lowest BCUT2D eigenvalue weighted by atomic mass is 9.64. The molecule has 0 aliphatic heterocycles. The Morgan fingerprint density at radius 1 is 1.58 bits per heavy atom. The molecule has 66 valence electrons. The van der Waals surface area contributed by atoms with E-state index in [1.807, 2.05) is 0 Å². The second-order valence-corrected chi connectivity index (χ2v) is 3.04. The molecule has 0 saturated heterocycles. The molecule has 2 atom stereocenters. The third-order valence-corrected chi connectivity index (χ3v) is 2.22. The highest BCUT2D eigenvalue weighted by atomic mass is 19.1. The molecule has 0 aromatic rings. The molecule has 0 aromatic carbocycles. The minimum Gasteiger partial charge on any atom is -0.427 e. The summed E-state index contributed by atoms with van der Waals surface area (Å²) in [6.45, 7) is 0. The van der Waals surface area contributed by atoms with Crippen LogP contribution < -0.4 is 0 Å². The van der Waals surface area contributed by atoms with Gasteiger partial charge < -0.3 is 10.0 Å². The van der Waals surface area contributed by atoms with Crippen molar-refractivity contribution in [3.05, 3.63) is 5.57 Å². The molecule has 1 saturated carbocycles. The van der Waals surface area contributed by atoms with Crippen LogP contribution in [0, 0.1) is 0 Å². The Morgan fingerprint density at radius 3 is 2.67 bits per heavy atom. The largest absolute Gasteiger partial charge is 0.454 e. The molecule has 0 heterocycles. The third-order valence-electron chi connectivity index (χ3n) is 2.22. The van der Waals surface area contributed by atoms with Gasteiger partial charge in [-0.2, -0.15) is 0 Å². The molecule has 0 bridgehead atoms. The van der Waals surface area contributed by atoms with Crippen LogP contribution in [0.25, 0.3) is 0 Å². The highest BCUT2D eigenvalue weighted by molar-refractivity contribution is 6.43. The van der Waals surface area contributed by atoms with Crippen molar-refractivity contribution in [2.45, 2.75) is 31.3 Å². The highest BCUT2D eigenvalue weighted by Gasteiger charge is 2.33. The first-order valence-electron chi connectivity index (χ1n) is 3.89. The van der Waals surface area contributed by atoms with E-state index >= 15 is 0 Å². The summed E-state index contributed by atoms with van der Waals surface area (Å²) in [6, 6.07) is 0. The van der Waals surface area contributed by atoms with Crippen molar-refractivity contribution in [1.29, 1.82) is 0 Å². The smallest absolute Gasteiger partial charge is 0.427 e. The molecule has 1 rings (SSSR count). The summed E-state index contributed by atoms with van der Waals surface area (Å²) in [4.78, 5) is 10.1. The van der Waals surface area contributed by atoms with Crippen LogP contribution in [-0.4, -0.2) is 29.3 Å². The summed E-state index contributed by atoms with van der Waals surface area (Å²) in [5, 5.41) is 17.5. The van der Waals surface area contributed by atoms with Gasteiger partial charge in [0.25, 0.3) is 0 Å². The Labute approximate surface area is 70.0 Å². The molecule has 0 spiro atoms. The van der Waals surface area contributed by atoms with E-state index < -0.39 is 19.1 Å². The second kappa shape index (κ2) is 3.85. The van der Waals surface area contributed by atoms with E-state index in [2.05, 4.69) is 0 Å². The molecule has 3 nitrogen and oxygen atoms in total. The van der Waals surface area contributed by atoms with E-state index in [-0.39, 0.29) is 18.4 Å². The lowest BCUT2D eigenvalue weighted by Crippen LogP contribution is -2.27. The van der Waals surface area contributed by atoms with Gasteiger partial charge in [0, 0.05) is 5.57 Å². The second-order valence-electron chi connectivity index (χ2n) is 3.04. The van der Waals surface area contributed by atoms with Crippen LogP contribution in [0.4, 0.5) is 4.39 Å². The van der Waals surface area contributed by atoms with Crippen molar-refractivity contribution in [3.63, 3.8) is 0 Å². The van der Waals surface area contributed by atoms with Crippen molar-refractivity contribution < 1.29 is 19.2 Å². The molecule has 0 aromatic heterocycles. The predicted octanol–water partition coefficient (Wildman–Crippen LogP) is 0.109. The maximum absolute atomic E-state index is 12.9. The first kappa shape index (κ1) is 9.45. The summed E-state index contributed by atoms with van der Waals surface area (Å²) in [5.74, 6) is 1.09. The number of hydrogen-bond acceptors (Lipinski definition) is 3. The van der Waals surface area contributed by atoms with E-state index in [0.717, 1.165) is 0 Å². The average Bonchev–Trinajstić information content (AvgIpc) is 2.04. The SMILES string of the molecule is O=C=C1CCC(B(O)O)CC1F. The molecule has 1 aliphatic carbocycles. The molecular formula is C7H10BFO3. The molecule has 12 heavy (non-hydrogen) atoms. The summed E-state index contributed by atoms with van der Waals surface area (Å²) < 4.78 is 12.9. The average molecular weight is 172 g/mol. The Bertz CT molecular complexity index is 213. The van der Waals surface area contributed by atoms with Gasteiger partial charge in [0.05, 0.1) is 0 Å². The van der Waals surface area contributed by atoms with Gasteiger partial charge in [-0.3, -0.25) is 0 Å². The fourth-order valence-corrected chi connectivity index (χ4v) is 1.41. The minimum absolute atomic E-state index is 0.0161. The van der Waals surface area contributed by atoms with Crippen molar-refractivity contribution in [1.82, 2.24) is 0 Å². The Hall–Kier alpha value is -0.635. The van der Waals surface area contributed by atoms with E-state index in [9.17, 15) is 9.18 Å². The van der Waals surface area contributed by atoms with Gasteiger partial charge in [-0.05, 0) is 25.1 Å². The number of alkyl halides is 1. The summed E-state index contributed by atoms with van der Waals surface area (Å²) >= 11 is 0. The zero-order chi connectivity index (χ0) is 9.14. The molecule has 0 radical (unpaired) electrons. The molecule has 1 fully saturated rings. The van der Waals surface area contributed by atoms with Crippen LogP contribution in [-0.2, 0) is 4.79 Å². The Morgan fingerprint density at radius 2 is 2.25 bits per heavy atom. The van der Waals surface area contributed by atoms with Crippen LogP contribution in [0.3, 0.4) is 0 Å². The first-order chi connectivity index (χ1) is 5.65. The van der Waals surface area contributed by atoms with Crippen LogP contribution >= 0.6 is 0 Å². The number of halogens is 1. The normalized spacial score (nSPS) is 29.8. The summed E-state index contributed by atoms with van der Waals surface area (Å²) in [5.41, 5.74) is 0.118. The van der Waals surface area contributed by atoms with Gasteiger partial charge in [-0.15, -0.1) is 0 Å². The van der Waals surface area contributed by atoms with Gasteiger partial charge in [0.1, 0.15) is 12.1 Å². The number of hydrogen-bond donors (Lipinski definition) is 2. The zero-order valence-corrected chi connectivity index (χ0v) is 6.53. The van der Waals surface area contributed by atoms with E-state index in [1.165, 1.54) is 0 Å². The van der Waals surface area contributed by atoms with Crippen LogP contribution in [0.5, 0.6) is 0 Å². The lowest BCUT2D eigenvalue weighted by molar-refractivity contribution is 0.286. The standard InChI is InChI=1S/C7H10BFO3/c9-7-3-6(8(11)12)2-1-5(7)4-10/h6-7,11-12H,1-3H2. The quantitative estimate of drug-likeness (QED) is 0.435. The summed E-state index contributed by atoms with van der Waals surface area (Å²) in [7, 11) is -1.48. The molecule has 2 unspecified atom stereocenters. The number of rotatable bonds is 1. The maximum Gasteiger partial charge on any atom is 0.454 e. The highest BCUT2D eigenvalue weighted by Crippen LogP contribution is 2.33. The van der Waals surface area contributed by atoms with Gasteiger partial charge >= 0.3 is 7.12 Å². The lowest BCUT2D eigenvalue weighted by Gasteiger charge is -2.23. The van der Waals surface area contributed by atoms with E-state index in [4.69, 9.17) is 10.0 Å². The minimum atomic E-state index is -1.48. The van der Waals surface area contributed by atoms with E-state index in [0.29, 0.717) is 6.42 Å². The van der Waals surface area contributed by atoms with Gasteiger partial charge in [0.15, 0.2) is 0 Å². The van der Waals surface area contributed by atoms with Gasteiger partial charge in [-0.1, -0.05) is 0 Å². The van der Waals surface area contributed by atoms with E-state index in [1.54, 1.807) is 5.94 Å². The molecule has 0 amide bonds. The van der Waals surface area contributed by atoms with Crippen molar-refractivity contribution in [2.75, 3.05) is 0 Å². The van der Waals surface area contributed by atoms with Gasteiger partial charge in [0.2, 0.25) is 0 Å². The predicted molar refractivity (Wildman–Crippen MR) is 41.9 cm³/mol. The Kier molecular flexibility index (Phi) is 3.03. The van der Waals surface area contributed by atoms with Crippen molar-refractivity contribution >= 4 is 13.1 Å². The van der Waals surface area contributed by atoms with Crippen LogP contribution in [0.2, 0.25) is 5.82 Å². The first-order valence-corrected chi connectivity index (χ1v) is 3.89. The Balaban J connectivity index is 2.57. The van der Waals surface area contributed by atoms with Crippen LogP contribution in [0.15, 0.2) is 5.57 Å². The van der Waals surface area contributed by atoms with Crippen LogP contribution in [0.1, 0.15) is 19.3 Å². The van der Waals surface area contributed by atoms with Gasteiger partial charge in [-0.25, -0.2) is 9.18 Å². The molecule has 1 aliphatic rings. The molecule has 2 N–H and O–H groups in total. The van der Waals surface area contributed by atoms with Crippen molar-refractivity contribution in [3.8, 4) is 0 Å². The monoisotopic (exact) mass is 172 g/mol. The fraction of sp³-hybridized carbons (Fsp3) is 0.714.